The molecule has 1 unspecified atom stereocenters. The van der Waals surface area contributed by atoms with Crippen molar-refractivity contribution in [1.82, 2.24) is 5.32 Å². The van der Waals surface area contributed by atoms with E-state index in [1.807, 2.05) is 0 Å². The number of hydrogen-bond donors (Lipinski definition) is 3. The molecule has 94 valence electrons. The molecule has 0 radical (unpaired) electrons. The topological polar surface area (TPSA) is 95.6 Å². The van der Waals surface area contributed by atoms with Crippen LogP contribution in [0.5, 0.6) is 0 Å². The Hall–Kier alpha value is -1.50. The first kappa shape index (κ1) is 13.6. The fraction of sp³-hybridized carbons (Fsp3) is 0.455. The third-order valence-electron chi connectivity index (χ3n) is 2.30. The highest BCUT2D eigenvalue weighted by Crippen LogP contribution is 2.12. The van der Waals surface area contributed by atoms with E-state index in [0.29, 0.717) is 6.54 Å². The molecule has 0 bridgehead atoms. The van der Waals surface area contributed by atoms with Crippen LogP contribution in [-0.2, 0) is 6.54 Å². The molecule has 0 saturated heterocycles. The van der Waals surface area contributed by atoms with Crippen molar-refractivity contribution in [3.05, 3.63) is 39.9 Å². The molecular formula is C11H16N2O4. The molecule has 3 N–H and O–H groups in total. The van der Waals surface area contributed by atoms with Crippen molar-refractivity contribution in [3.63, 3.8) is 0 Å². The van der Waals surface area contributed by atoms with Gasteiger partial charge < -0.3 is 15.5 Å². The minimum atomic E-state index is -1.18. The van der Waals surface area contributed by atoms with Crippen LogP contribution in [0.4, 0.5) is 5.69 Å². The van der Waals surface area contributed by atoms with Crippen LogP contribution in [0.15, 0.2) is 24.3 Å². The highest BCUT2D eigenvalue weighted by atomic mass is 16.6. The Balaban J connectivity index is 2.52. The van der Waals surface area contributed by atoms with Crippen molar-refractivity contribution in [2.24, 2.45) is 0 Å². The van der Waals surface area contributed by atoms with Crippen LogP contribution >= 0.6 is 0 Å². The van der Waals surface area contributed by atoms with Crippen LogP contribution in [0.2, 0.25) is 0 Å². The molecule has 0 aliphatic rings. The van der Waals surface area contributed by atoms with Crippen molar-refractivity contribution in [2.75, 3.05) is 13.2 Å². The SMILES string of the molecule is CC(O)(CO)CNCc1cccc([N+](=O)[O-])c1. The number of nitro groups is 1. The van der Waals surface area contributed by atoms with Crippen LogP contribution in [0.25, 0.3) is 0 Å². The van der Waals surface area contributed by atoms with E-state index >= 15 is 0 Å². The van der Waals surface area contributed by atoms with E-state index in [9.17, 15) is 15.2 Å². The predicted octanol–water partition coefficient (Wildman–Crippen LogP) is 0.428. The van der Waals surface area contributed by atoms with Crippen molar-refractivity contribution in [3.8, 4) is 0 Å². The number of benzene rings is 1. The molecule has 0 saturated carbocycles. The van der Waals surface area contributed by atoms with Gasteiger partial charge in [0.25, 0.3) is 5.69 Å². The average molecular weight is 240 g/mol. The lowest BCUT2D eigenvalue weighted by Crippen LogP contribution is -2.40. The Morgan fingerprint density at radius 3 is 2.82 bits per heavy atom. The van der Waals surface area contributed by atoms with Gasteiger partial charge in [0.15, 0.2) is 0 Å². The molecule has 17 heavy (non-hydrogen) atoms. The van der Waals surface area contributed by atoms with E-state index in [1.165, 1.54) is 19.1 Å². The maximum atomic E-state index is 10.5. The molecule has 1 atom stereocenters. The molecule has 0 spiro atoms. The van der Waals surface area contributed by atoms with E-state index < -0.39 is 10.5 Å². The first-order chi connectivity index (χ1) is 7.94. The molecule has 6 heteroatoms. The molecular weight excluding hydrogens is 224 g/mol. The van der Waals surface area contributed by atoms with Crippen LogP contribution in [0, 0.1) is 10.1 Å². The van der Waals surface area contributed by atoms with E-state index in [2.05, 4.69) is 5.32 Å². The third-order valence-corrected chi connectivity index (χ3v) is 2.30. The highest BCUT2D eigenvalue weighted by Gasteiger charge is 2.17. The summed E-state index contributed by atoms with van der Waals surface area (Å²) in [7, 11) is 0. The Kier molecular flexibility index (Phi) is 4.56. The summed E-state index contributed by atoms with van der Waals surface area (Å²) < 4.78 is 0. The number of hydrogen-bond acceptors (Lipinski definition) is 5. The molecule has 0 aromatic heterocycles. The summed E-state index contributed by atoms with van der Waals surface area (Å²) in [6.45, 7) is 1.78. The average Bonchev–Trinajstić information content (AvgIpc) is 2.29. The minimum Gasteiger partial charge on any atom is -0.393 e. The lowest BCUT2D eigenvalue weighted by atomic mass is 10.1. The summed E-state index contributed by atoms with van der Waals surface area (Å²) in [5.41, 5.74) is -0.382. The van der Waals surface area contributed by atoms with Gasteiger partial charge in [0.05, 0.1) is 17.1 Å². The van der Waals surface area contributed by atoms with Crippen molar-refractivity contribution < 1.29 is 15.1 Å². The van der Waals surface area contributed by atoms with Gasteiger partial charge in [-0.05, 0) is 12.5 Å². The highest BCUT2D eigenvalue weighted by molar-refractivity contribution is 5.34. The van der Waals surface area contributed by atoms with Gasteiger partial charge >= 0.3 is 0 Å². The summed E-state index contributed by atoms with van der Waals surface area (Å²) in [6, 6.07) is 6.26. The van der Waals surface area contributed by atoms with Crippen LogP contribution in [-0.4, -0.2) is 33.9 Å². The first-order valence-corrected chi connectivity index (χ1v) is 5.22. The van der Waals surface area contributed by atoms with Crippen molar-refractivity contribution in [1.29, 1.82) is 0 Å². The summed E-state index contributed by atoms with van der Waals surface area (Å²) >= 11 is 0. The molecule has 0 heterocycles. The summed E-state index contributed by atoms with van der Waals surface area (Å²) in [6.07, 6.45) is 0. The van der Waals surface area contributed by atoms with Gasteiger partial charge in [0.1, 0.15) is 0 Å². The zero-order valence-electron chi connectivity index (χ0n) is 9.59. The number of non-ortho nitro benzene ring substituents is 1. The lowest BCUT2D eigenvalue weighted by molar-refractivity contribution is -0.384. The van der Waals surface area contributed by atoms with Gasteiger partial charge in [0, 0.05) is 25.2 Å². The largest absolute Gasteiger partial charge is 0.393 e. The van der Waals surface area contributed by atoms with Crippen LogP contribution in [0.1, 0.15) is 12.5 Å². The Morgan fingerprint density at radius 1 is 1.53 bits per heavy atom. The van der Waals surface area contributed by atoms with Gasteiger partial charge in [-0.3, -0.25) is 10.1 Å². The van der Waals surface area contributed by atoms with Crippen LogP contribution in [0.3, 0.4) is 0 Å². The summed E-state index contributed by atoms with van der Waals surface area (Å²) in [4.78, 5) is 10.1. The van der Waals surface area contributed by atoms with Gasteiger partial charge in [-0.2, -0.15) is 0 Å². The minimum absolute atomic E-state index is 0.0400. The molecule has 0 aliphatic heterocycles. The number of aliphatic hydroxyl groups excluding tert-OH is 1. The fourth-order valence-electron chi connectivity index (χ4n) is 1.31. The Morgan fingerprint density at radius 2 is 2.24 bits per heavy atom. The first-order valence-electron chi connectivity index (χ1n) is 5.22. The molecule has 0 fully saturated rings. The quantitative estimate of drug-likeness (QED) is 0.495. The van der Waals surface area contributed by atoms with Gasteiger partial charge in [-0.1, -0.05) is 12.1 Å². The second-order valence-electron chi connectivity index (χ2n) is 4.19. The maximum Gasteiger partial charge on any atom is 0.269 e. The van der Waals surface area contributed by atoms with Gasteiger partial charge in [0.2, 0.25) is 0 Å². The van der Waals surface area contributed by atoms with Gasteiger partial charge in [-0.25, -0.2) is 0 Å². The van der Waals surface area contributed by atoms with E-state index in [-0.39, 0.29) is 18.8 Å². The maximum absolute atomic E-state index is 10.5. The molecule has 1 aromatic rings. The molecule has 1 rings (SSSR count). The molecule has 1 aromatic carbocycles. The Bertz CT molecular complexity index is 393. The fourth-order valence-corrected chi connectivity index (χ4v) is 1.31. The number of nitrogens with zero attached hydrogens (tertiary/aromatic N) is 1. The van der Waals surface area contributed by atoms with Crippen molar-refractivity contribution in [2.45, 2.75) is 19.1 Å². The standard InChI is InChI=1S/C11H16N2O4/c1-11(15,8-14)7-12-6-9-3-2-4-10(5-9)13(16)17/h2-5,12,14-15H,6-8H2,1H3. The number of aliphatic hydroxyl groups is 2. The molecule has 0 aliphatic carbocycles. The number of nitrogens with one attached hydrogen (secondary N) is 1. The number of nitro benzene ring substituents is 1. The summed E-state index contributed by atoms with van der Waals surface area (Å²) in [5, 5.41) is 31.8. The third kappa shape index (κ3) is 4.48. The summed E-state index contributed by atoms with van der Waals surface area (Å²) in [5.74, 6) is 0. The van der Waals surface area contributed by atoms with E-state index in [1.54, 1.807) is 12.1 Å². The van der Waals surface area contributed by atoms with Gasteiger partial charge in [-0.15, -0.1) is 0 Å². The molecule has 6 nitrogen and oxygen atoms in total. The zero-order valence-corrected chi connectivity index (χ0v) is 9.59. The van der Waals surface area contributed by atoms with Crippen LogP contribution < -0.4 is 5.32 Å². The number of rotatable bonds is 6. The van der Waals surface area contributed by atoms with E-state index in [0.717, 1.165) is 5.56 Å². The zero-order chi connectivity index (χ0) is 12.9. The van der Waals surface area contributed by atoms with E-state index in [4.69, 9.17) is 5.11 Å². The second-order valence-corrected chi connectivity index (χ2v) is 4.19. The second kappa shape index (κ2) is 5.72. The predicted molar refractivity (Wildman–Crippen MR) is 62.5 cm³/mol. The molecule has 0 amide bonds. The normalized spacial score (nSPS) is 14.3. The lowest BCUT2D eigenvalue weighted by Gasteiger charge is -2.20. The van der Waals surface area contributed by atoms with Crippen molar-refractivity contribution >= 4 is 5.69 Å². The Labute approximate surface area is 99.0 Å². The smallest absolute Gasteiger partial charge is 0.269 e. The monoisotopic (exact) mass is 240 g/mol.